The van der Waals surface area contributed by atoms with E-state index in [2.05, 4.69) is 22.0 Å². The molecule has 2 rings (SSSR count). The number of rotatable bonds is 3. The van der Waals surface area contributed by atoms with Gasteiger partial charge in [-0.1, -0.05) is 39.7 Å². The number of benzene rings is 2. The molecule has 0 aliphatic carbocycles. The van der Waals surface area contributed by atoms with Crippen LogP contribution >= 0.6 is 27.5 Å². The van der Waals surface area contributed by atoms with Crippen LogP contribution in [0.15, 0.2) is 46.9 Å². The summed E-state index contributed by atoms with van der Waals surface area (Å²) in [6.07, 6.45) is 1.80. The summed E-state index contributed by atoms with van der Waals surface area (Å²) in [4.78, 5) is 0. The summed E-state index contributed by atoms with van der Waals surface area (Å²) in [6, 6.07) is 15.0. The van der Waals surface area contributed by atoms with E-state index in [9.17, 15) is 5.26 Å². The molecule has 0 amide bonds. The van der Waals surface area contributed by atoms with E-state index < -0.39 is 0 Å². The van der Waals surface area contributed by atoms with Crippen LogP contribution in [0.2, 0.25) is 5.02 Å². The Balaban J connectivity index is 2.49. The maximum absolute atomic E-state index is 9.34. The number of halogens is 2. The molecule has 0 saturated carbocycles. The summed E-state index contributed by atoms with van der Waals surface area (Å²) in [5.41, 5.74) is 2.21. The van der Waals surface area contributed by atoms with Crippen molar-refractivity contribution in [1.29, 1.82) is 5.26 Å². The molecule has 0 saturated heterocycles. The van der Waals surface area contributed by atoms with Gasteiger partial charge in [0.2, 0.25) is 0 Å². The molecule has 0 aliphatic heterocycles. The van der Waals surface area contributed by atoms with Crippen LogP contribution in [0.25, 0.3) is 11.6 Å². The Bertz CT molecular complexity index is 687. The monoisotopic (exact) mass is 347 g/mol. The van der Waals surface area contributed by atoms with Crippen LogP contribution in [-0.2, 0) is 0 Å². The third-order valence-corrected chi connectivity index (χ3v) is 3.51. The fourth-order valence-corrected chi connectivity index (χ4v) is 2.29. The Labute approximate surface area is 131 Å². The first-order valence-corrected chi connectivity index (χ1v) is 7.02. The Morgan fingerprint density at radius 2 is 1.95 bits per heavy atom. The van der Waals surface area contributed by atoms with Gasteiger partial charge in [0.1, 0.15) is 5.75 Å². The van der Waals surface area contributed by atoms with Crippen LogP contribution in [0.5, 0.6) is 5.75 Å². The number of hydrogen-bond acceptors (Lipinski definition) is 2. The summed E-state index contributed by atoms with van der Waals surface area (Å²) in [5, 5.41) is 9.98. The molecule has 0 aromatic heterocycles. The maximum Gasteiger partial charge on any atom is 0.126 e. The predicted octanol–water partition coefficient (Wildman–Crippen LogP) is 5.18. The molecule has 100 valence electrons. The standard InChI is InChI=1S/C16H11BrClNO/c1-20-16-7-4-14(17)9-12(16)8-13(10-19)11-2-5-15(18)6-3-11/h2-9H,1H3. The minimum Gasteiger partial charge on any atom is -0.496 e. The average molecular weight is 349 g/mol. The van der Waals surface area contributed by atoms with Crippen molar-refractivity contribution in [2.24, 2.45) is 0 Å². The van der Waals surface area contributed by atoms with Gasteiger partial charge in [-0.2, -0.15) is 5.26 Å². The van der Waals surface area contributed by atoms with Crippen LogP contribution in [-0.4, -0.2) is 7.11 Å². The fraction of sp³-hybridized carbons (Fsp3) is 0.0625. The van der Waals surface area contributed by atoms with Gasteiger partial charge in [0, 0.05) is 15.1 Å². The minimum absolute atomic E-state index is 0.554. The molecule has 0 fully saturated rings. The lowest BCUT2D eigenvalue weighted by molar-refractivity contribution is 0.414. The van der Waals surface area contributed by atoms with Crippen molar-refractivity contribution in [1.82, 2.24) is 0 Å². The highest BCUT2D eigenvalue weighted by molar-refractivity contribution is 9.10. The zero-order valence-electron chi connectivity index (χ0n) is 10.7. The molecule has 0 radical (unpaired) electrons. The third kappa shape index (κ3) is 3.41. The number of hydrogen-bond donors (Lipinski definition) is 0. The van der Waals surface area contributed by atoms with Crippen molar-refractivity contribution in [3.63, 3.8) is 0 Å². The van der Waals surface area contributed by atoms with Gasteiger partial charge in [-0.05, 0) is 42.0 Å². The van der Waals surface area contributed by atoms with Crippen molar-refractivity contribution in [3.8, 4) is 11.8 Å². The van der Waals surface area contributed by atoms with Crippen LogP contribution in [0, 0.1) is 11.3 Å². The van der Waals surface area contributed by atoms with Crippen LogP contribution < -0.4 is 4.74 Å². The summed E-state index contributed by atoms with van der Waals surface area (Å²) in [6.45, 7) is 0. The molecular formula is C16H11BrClNO. The van der Waals surface area contributed by atoms with E-state index in [4.69, 9.17) is 16.3 Å². The highest BCUT2D eigenvalue weighted by atomic mass is 79.9. The predicted molar refractivity (Wildman–Crippen MR) is 85.6 cm³/mol. The van der Waals surface area contributed by atoms with Crippen molar-refractivity contribution >= 4 is 39.2 Å². The molecule has 0 unspecified atom stereocenters. The Morgan fingerprint density at radius 3 is 2.55 bits per heavy atom. The van der Waals surface area contributed by atoms with Gasteiger partial charge in [-0.3, -0.25) is 0 Å². The third-order valence-electron chi connectivity index (χ3n) is 2.77. The van der Waals surface area contributed by atoms with E-state index in [1.54, 1.807) is 25.3 Å². The van der Waals surface area contributed by atoms with Gasteiger partial charge in [0.05, 0.1) is 18.8 Å². The lowest BCUT2D eigenvalue weighted by Gasteiger charge is -2.06. The second-order valence-corrected chi connectivity index (χ2v) is 5.42. The number of nitrogens with zero attached hydrogens (tertiary/aromatic N) is 1. The summed E-state index contributed by atoms with van der Waals surface area (Å²) < 4.78 is 6.23. The quantitative estimate of drug-likeness (QED) is 0.566. The molecule has 2 nitrogen and oxygen atoms in total. The molecule has 0 bridgehead atoms. The summed E-state index contributed by atoms with van der Waals surface area (Å²) >= 11 is 9.28. The van der Waals surface area contributed by atoms with E-state index >= 15 is 0 Å². The van der Waals surface area contributed by atoms with E-state index in [1.807, 2.05) is 30.3 Å². The Hall–Kier alpha value is -1.76. The summed E-state index contributed by atoms with van der Waals surface area (Å²) in [7, 11) is 1.61. The number of nitriles is 1. The average Bonchev–Trinajstić information content (AvgIpc) is 2.46. The highest BCUT2D eigenvalue weighted by Crippen LogP contribution is 2.27. The smallest absolute Gasteiger partial charge is 0.126 e. The lowest BCUT2D eigenvalue weighted by atomic mass is 10.0. The first-order valence-electron chi connectivity index (χ1n) is 5.85. The zero-order chi connectivity index (χ0) is 14.5. The second-order valence-electron chi connectivity index (χ2n) is 4.06. The van der Waals surface area contributed by atoms with Crippen LogP contribution in [0.1, 0.15) is 11.1 Å². The normalized spacial score (nSPS) is 11.0. The molecule has 2 aromatic carbocycles. The van der Waals surface area contributed by atoms with E-state index in [0.717, 1.165) is 21.3 Å². The molecule has 0 atom stereocenters. The van der Waals surface area contributed by atoms with Gasteiger partial charge in [-0.25, -0.2) is 0 Å². The highest BCUT2D eigenvalue weighted by Gasteiger charge is 2.05. The van der Waals surface area contributed by atoms with E-state index in [-0.39, 0.29) is 0 Å². The van der Waals surface area contributed by atoms with Gasteiger partial charge < -0.3 is 4.74 Å². The van der Waals surface area contributed by atoms with Gasteiger partial charge in [0.25, 0.3) is 0 Å². The fourth-order valence-electron chi connectivity index (χ4n) is 1.78. The van der Waals surface area contributed by atoms with Crippen LogP contribution in [0.3, 0.4) is 0 Å². The Kier molecular flexibility index (Phi) is 4.84. The SMILES string of the molecule is COc1ccc(Br)cc1C=C(C#N)c1ccc(Cl)cc1. The molecule has 0 heterocycles. The van der Waals surface area contributed by atoms with Crippen LogP contribution in [0.4, 0.5) is 0 Å². The Morgan fingerprint density at radius 1 is 1.25 bits per heavy atom. The van der Waals surface area contributed by atoms with Crippen molar-refractivity contribution in [2.45, 2.75) is 0 Å². The zero-order valence-corrected chi connectivity index (χ0v) is 13.1. The lowest BCUT2D eigenvalue weighted by Crippen LogP contribution is -1.88. The number of ether oxygens (including phenoxy) is 1. The topological polar surface area (TPSA) is 33.0 Å². The molecule has 4 heteroatoms. The first-order chi connectivity index (χ1) is 9.63. The molecule has 0 aliphatic rings. The van der Waals surface area contributed by atoms with Crippen molar-refractivity contribution < 1.29 is 4.74 Å². The molecule has 20 heavy (non-hydrogen) atoms. The van der Waals surface area contributed by atoms with E-state index in [1.165, 1.54) is 0 Å². The number of methoxy groups -OCH3 is 1. The molecular weight excluding hydrogens is 338 g/mol. The van der Waals surface area contributed by atoms with Gasteiger partial charge in [-0.15, -0.1) is 0 Å². The van der Waals surface area contributed by atoms with Gasteiger partial charge in [0.15, 0.2) is 0 Å². The maximum atomic E-state index is 9.34. The largest absolute Gasteiger partial charge is 0.496 e. The molecule has 0 spiro atoms. The van der Waals surface area contributed by atoms with E-state index in [0.29, 0.717) is 10.6 Å². The second kappa shape index (κ2) is 6.60. The molecule has 2 aromatic rings. The van der Waals surface area contributed by atoms with Crippen molar-refractivity contribution in [3.05, 3.63) is 63.1 Å². The van der Waals surface area contributed by atoms with Crippen molar-refractivity contribution in [2.75, 3.05) is 7.11 Å². The number of allylic oxidation sites excluding steroid dienone is 1. The molecule has 0 N–H and O–H groups in total. The van der Waals surface area contributed by atoms with Gasteiger partial charge >= 0.3 is 0 Å². The minimum atomic E-state index is 0.554. The first kappa shape index (κ1) is 14.6. The summed E-state index contributed by atoms with van der Waals surface area (Å²) in [5.74, 6) is 0.718.